The van der Waals surface area contributed by atoms with E-state index in [1.165, 1.54) is 0 Å². The van der Waals surface area contributed by atoms with Crippen LogP contribution in [0.1, 0.15) is 18.3 Å². The molecule has 0 saturated carbocycles. The van der Waals surface area contributed by atoms with E-state index in [2.05, 4.69) is 70.0 Å². The third-order valence-electron chi connectivity index (χ3n) is 5.16. The van der Waals surface area contributed by atoms with Gasteiger partial charge in [0, 0.05) is 57.2 Å². The molecule has 3 rings (SSSR count). The molecule has 0 amide bonds. The van der Waals surface area contributed by atoms with Gasteiger partial charge < -0.3 is 4.90 Å². The van der Waals surface area contributed by atoms with Gasteiger partial charge in [-0.2, -0.15) is 0 Å². The molecule has 5 nitrogen and oxygen atoms in total. The quantitative estimate of drug-likeness (QED) is 0.834. The van der Waals surface area contributed by atoms with Crippen LogP contribution >= 0.6 is 0 Å². The van der Waals surface area contributed by atoms with Gasteiger partial charge in [0.1, 0.15) is 0 Å². The fourth-order valence-electron chi connectivity index (χ4n) is 3.45. The molecule has 0 unspecified atom stereocenters. The van der Waals surface area contributed by atoms with Gasteiger partial charge in [0.25, 0.3) is 0 Å². The molecule has 134 valence electrons. The predicted molar refractivity (Wildman–Crippen MR) is 101 cm³/mol. The third kappa shape index (κ3) is 4.84. The summed E-state index contributed by atoms with van der Waals surface area (Å²) in [5, 5.41) is 0. The van der Waals surface area contributed by atoms with E-state index in [-0.39, 0.29) is 5.54 Å². The predicted octanol–water partition coefficient (Wildman–Crippen LogP) is 2.11. The number of hydrogen-bond acceptors (Lipinski definition) is 5. The molecule has 0 spiro atoms. The first-order valence-electron chi connectivity index (χ1n) is 8.97. The van der Waals surface area contributed by atoms with Crippen molar-refractivity contribution in [3.05, 3.63) is 60.2 Å². The van der Waals surface area contributed by atoms with E-state index < -0.39 is 0 Å². The molecular weight excluding hydrogens is 310 g/mol. The fourth-order valence-corrected chi connectivity index (χ4v) is 3.45. The summed E-state index contributed by atoms with van der Waals surface area (Å²) in [4.78, 5) is 16.4. The van der Waals surface area contributed by atoms with Gasteiger partial charge in [0.15, 0.2) is 0 Å². The molecule has 1 saturated heterocycles. The van der Waals surface area contributed by atoms with Crippen molar-refractivity contribution in [1.29, 1.82) is 0 Å². The number of aromatic nitrogens is 2. The summed E-state index contributed by atoms with van der Waals surface area (Å²) in [6.07, 6.45) is 3.76. The van der Waals surface area contributed by atoms with E-state index in [9.17, 15) is 0 Å². The number of hydrogen-bond donors (Lipinski definition) is 0. The highest BCUT2D eigenvalue weighted by Crippen LogP contribution is 2.21. The van der Waals surface area contributed by atoms with Crippen molar-refractivity contribution in [3.8, 4) is 0 Å². The molecule has 25 heavy (non-hydrogen) atoms. The molecule has 2 aromatic heterocycles. The molecule has 1 aliphatic rings. The first kappa shape index (κ1) is 18.0. The number of pyridine rings is 2. The van der Waals surface area contributed by atoms with Crippen molar-refractivity contribution in [2.24, 2.45) is 0 Å². The molecular formula is C20H29N5. The Morgan fingerprint density at radius 1 is 0.880 bits per heavy atom. The van der Waals surface area contributed by atoms with Crippen LogP contribution in [0.2, 0.25) is 0 Å². The van der Waals surface area contributed by atoms with Gasteiger partial charge in [-0.25, -0.2) is 0 Å². The number of likely N-dealkylation sites (N-methyl/N-ethyl adjacent to an activating group) is 1. The third-order valence-corrected chi connectivity index (χ3v) is 5.16. The van der Waals surface area contributed by atoms with Gasteiger partial charge in [-0.1, -0.05) is 12.1 Å². The molecule has 1 aliphatic heterocycles. The van der Waals surface area contributed by atoms with Crippen molar-refractivity contribution in [3.63, 3.8) is 0 Å². The van der Waals surface area contributed by atoms with Crippen LogP contribution in [0.5, 0.6) is 0 Å². The molecule has 1 fully saturated rings. The Balaban J connectivity index is 1.73. The molecule has 0 aliphatic carbocycles. The van der Waals surface area contributed by atoms with Crippen LogP contribution in [0.4, 0.5) is 0 Å². The topological polar surface area (TPSA) is 35.5 Å². The van der Waals surface area contributed by atoms with Crippen LogP contribution in [0.25, 0.3) is 0 Å². The normalized spacial score (nSPS) is 19.0. The zero-order valence-electron chi connectivity index (χ0n) is 15.6. The Labute approximate surface area is 151 Å². The lowest BCUT2D eigenvalue weighted by molar-refractivity contribution is 0.0943. The van der Waals surface area contributed by atoms with E-state index in [1.54, 1.807) is 0 Å². The van der Waals surface area contributed by atoms with Gasteiger partial charge in [0.2, 0.25) is 0 Å². The van der Waals surface area contributed by atoms with Gasteiger partial charge in [0.05, 0.1) is 11.4 Å². The molecule has 0 N–H and O–H groups in total. The highest BCUT2D eigenvalue weighted by atomic mass is 15.3. The lowest BCUT2D eigenvalue weighted by Gasteiger charge is -2.40. The molecule has 0 atom stereocenters. The van der Waals surface area contributed by atoms with E-state index in [4.69, 9.17) is 0 Å². The van der Waals surface area contributed by atoms with E-state index in [0.717, 1.165) is 50.7 Å². The van der Waals surface area contributed by atoms with E-state index in [0.29, 0.717) is 0 Å². The Kier molecular flexibility index (Phi) is 5.78. The first-order chi connectivity index (χ1) is 12.0. The average molecular weight is 339 g/mol. The van der Waals surface area contributed by atoms with E-state index >= 15 is 0 Å². The second-order valence-electron chi connectivity index (χ2n) is 7.45. The van der Waals surface area contributed by atoms with Crippen LogP contribution in [-0.2, 0) is 13.1 Å². The van der Waals surface area contributed by atoms with Crippen molar-refractivity contribution in [1.82, 2.24) is 24.7 Å². The molecule has 3 heterocycles. The minimum absolute atomic E-state index is 0.0973. The van der Waals surface area contributed by atoms with Crippen LogP contribution in [0.3, 0.4) is 0 Å². The summed E-state index contributed by atoms with van der Waals surface area (Å²) in [6, 6.07) is 12.3. The highest BCUT2D eigenvalue weighted by Gasteiger charge is 2.34. The average Bonchev–Trinajstić information content (AvgIpc) is 2.76. The second kappa shape index (κ2) is 8.04. The number of nitrogens with zero attached hydrogens (tertiary/aromatic N) is 5. The summed E-state index contributed by atoms with van der Waals surface area (Å²) in [7, 11) is 4.37. The second-order valence-corrected chi connectivity index (χ2v) is 7.45. The van der Waals surface area contributed by atoms with Crippen molar-refractivity contribution in [2.45, 2.75) is 25.6 Å². The van der Waals surface area contributed by atoms with Crippen molar-refractivity contribution in [2.75, 3.05) is 40.3 Å². The maximum absolute atomic E-state index is 4.50. The Morgan fingerprint density at radius 2 is 1.36 bits per heavy atom. The zero-order valence-corrected chi connectivity index (χ0v) is 15.6. The zero-order chi connectivity index (χ0) is 17.7. The smallest absolute Gasteiger partial charge is 0.0543 e. The van der Waals surface area contributed by atoms with Crippen LogP contribution < -0.4 is 0 Å². The van der Waals surface area contributed by atoms with Crippen LogP contribution in [-0.4, -0.2) is 70.5 Å². The monoisotopic (exact) mass is 339 g/mol. The highest BCUT2D eigenvalue weighted by molar-refractivity contribution is 5.06. The van der Waals surface area contributed by atoms with E-state index in [1.807, 2.05) is 24.5 Å². The van der Waals surface area contributed by atoms with Gasteiger partial charge in [-0.05, 0) is 45.3 Å². The van der Waals surface area contributed by atoms with Crippen molar-refractivity contribution >= 4 is 0 Å². The van der Waals surface area contributed by atoms with Gasteiger partial charge >= 0.3 is 0 Å². The van der Waals surface area contributed by atoms with Crippen molar-refractivity contribution < 1.29 is 0 Å². The van der Waals surface area contributed by atoms with Crippen LogP contribution in [0.15, 0.2) is 48.8 Å². The Hall–Kier alpha value is -1.82. The molecule has 5 heteroatoms. The molecule has 0 aromatic carbocycles. The largest absolute Gasteiger partial charge is 0.301 e. The lowest BCUT2D eigenvalue weighted by atomic mass is 9.99. The minimum atomic E-state index is 0.0973. The maximum Gasteiger partial charge on any atom is 0.0543 e. The summed E-state index contributed by atoms with van der Waals surface area (Å²) in [5.41, 5.74) is 2.38. The molecule has 0 bridgehead atoms. The summed E-state index contributed by atoms with van der Waals surface area (Å²) in [5.74, 6) is 0. The van der Waals surface area contributed by atoms with Gasteiger partial charge in [-0.3, -0.25) is 19.8 Å². The summed E-state index contributed by atoms with van der Waals surface area (Å²) < 4.78 is 0. The standard InChI is InChI=1S/C20H29N5/c1-20(23(2)3)16-24(14-18-8-4-6-10-21-18)12-13-25(17-20)15-19-9-5-7-11-22-19/h4-11H,12-17H2,1-3H3. The fraction of sp³-hybridized carbons (Fsp3) is 0.500. The lowest BCUT2D eigenvalue weighted by Crippen LogP contribution is -2.54. The minimum Gasteiger partial charge on any atom is -0.301 e. The van der Waals surface area contributed by atoms with Crippen LogP contribution in [0, 0.1) is 0 Å². The van der Waals surface area contributed by atoms with Gasteiger partial charge in [-0.15, -0.1) is 0 Å². The Morgan fingerprint density at radius 3 is 1.72 bits per heavy atom. The first-order valence-corrected chi connectivity index (χ1v) is 8.97. The summed E-state index contributed by atoms with van der Waals surface area (Å²) >= 11 is 0. The molecule has 0 radical (unpaired) electrons. The SMILES string of the molecule is CN(C)C1(C)CN(Cc2ccccn2)CCN(Cc2ccccn2)C1. The Bertz CT molecular complexity index is 592. The number of rotatable bonds is 5. The maximum atomic E-state index is 4.50. The summed E-state index contributed by atoms with van der Waals surface area (Å²) in [6.45, 7) is 8.34. The molecule has 2 aromatic rings.